The molecule has 7 heteroatoms. The van der Waals surface area contributed by atoms with Crippen molar-refractivity contribution in [1.29, 1.82) is 0 Å². The number of methoxy groups -OCH3 is 1. The third kappa shape index (κ3) is 3.19. The highest BCUT2D eigenvalue weighted by atomic mass is 16.6. The van der Waals surface area contributed by atoms with Gasteiger partial charge in [-0.05, 0) is 12.1 Å². The molecule has 0 saturated heterocycles. The molecule has 0 fully saturated rings. The first-order valence-electron chi connectivity index (χ1n) is 6.02. The number of ether oxygens (including phenoxy) is 2. The average molecular weight is 291 g/mol. The minimum absolute atomic E-state index is 0.0253. The molecule has 0 unspecified atom stereocenters. The molecule has 21 heavy (non-hydrogen) atoms. The van der Waals surface area contributed by atoms with E-state index in [1.807, 2.05) is 0 Å². The molecule has 1 aromatic heterocycles. The lowest BCUT2D eigenvalue weighted by atomic mass is 10.2. The van der Waals surface area contributed by atoms with Gasteiger partial charge >= 0.3 is 11.6 Å². The maximum atomic E-state index is 11.7. The molecule has 0 spiro atoms. The topological polar surface area (TPSA) is 94.8 Å². The number of rotatable bonds is 3. The van der Waals surface area contributed by atoms with Crippen LogP contribution in [0, 0.1) is 0 Å². The van der Waals surface area contributed by atoms with Crippen molar-refractivity contribution >= 4 is 28.5 Å². The number of amides is 1. The van der Waals surface area contributed by atoms with Crippen molar-refractivity contribution < 1.29 is 23.5 Å². The van der Waals surface area contributed by atoms with E-state index in [2.05, 4.69) is 5.32 Å². The van der Waals surface area contributed by atoms with Crippen LogP contribution in [0.3, 0.4) is 0 Å². The van der Waals surface area contributed by atoms with E-state index in [9.17, 15) is 14.4 Å². The molecule has 2 aromatic rings. The van der Waals surface area contributed by atoms with Crippen molar-refractivity contribution in [2.45, 2.75) is 13.8 Å². The first kappa shape index (κ1) is 14.6. The fourth-order valence-corrected chi connectivity index (χ4v) is 1.80. The van der Waals surface area contributed by atoms with Crippen molar-refractivity contribution in [3.63, 3.8) is 0 Å². The highest BCUT2D eigenvalue weighted by Gasteiger charge is 2.13. The minimum Gasteiger partial charge on any atom is -0.493 e. The number of fused-ring (bicyclic) bond motifs is 1. The number of carbonyl (C=O) groups is 2. The van der Waals surface area contributed by atoms with Gasteiger partial charge in [0, 0.05) is 25.3 Å². The van der Waals surface area contributed by atoms with Gasteiger partial charge in [-0.1, -0.05) is 0 Å². The summed E-state index contributed by atoms with van der Waals surface area (Å²) in [7, 11) is 1.42. The molecule has 110 valence electrons. The second-order valence-electron chi connectivity index (χ2n) is 4.26. The molecule has 1 aromatic carbocycles. The van der Waals surface area contributed by atoms with Crippen LogP contribution >= 0.6 is 0 Å². The number of benzene rings is 1. The summed E-state index contributed by atoms with van der Waals surface area (Å²) < 4.78 is 15.2. The SMILES string of the molecule is COc1cc2cc(NC(C)=O)c(=O)oc2cc1OC(C)=O. The Morgan fingerprint density at radius 3 is 2.43 bits per heavy atom. The van der Waals surface area contributed by atoms with E-state index in [4.69, 9.17) is 13.9 Å². The van der Waals surface area contributed by atoms with Crippen LogP contribution in [0.5, 0.6) is 11.5 Å². The molecule has 0 saturated carbocycles. The van der Waals surface area contributed by atoms with E-state index in [0.717, 1.165) is 0 Å². The molecular weight excluding hydrogens is 278 g/mol. The molecular formula is C14H13NO6. The van der Waals surface area contributed by atoms with Gasteiger partial charge < -0.3 is 19.2 Å². The number of carbonyl (C=O) groups excluding carboxylic acids is 2. The summed E-state index contributed by atoms with van der Waals surface area (Å²) in [5.41, 5.74) is -0.458. The van der Waals surface area contributed by atoms with Gasteiger partial charge in [0.2, 0.25) is 5.91 Å². The summed E-state index contributed by atoms with van der Waals surface area (Å²) in [6, 6.07) is 4.39. The first-order valence-corrected chi connectivity index (χ1v) is 6.02. The summed E-state index contributed by atoms with van der Waals surface area (Å²) >= 11 is 0. The Morgan fingerprint density at radius 2 is 1.86 bits per heavy atom. The molecule has 0 aliphatic rings. The highest BCUT2D eigenvalue weighted by Crippen LogP contribution is 2.32. The molecule has 1 heterocycles. The van der Waals surface area contributed by atoms with Crippen LogP contribution in [-0.4, -0.2) is 19.0 Å². The quantitative estimate of drug-likeness (QED) is 0.525. The Labute approximate surface area is 119 Å². The van der Waals surface area contributed by atoms with Crippen LogP contribution in [0.25, 0.3) is 11.0 Å². The molecule has 0 bridgehead atoms. The minimum atomic E-state index is -0.698. The molecule has 0 aliphatic carbocycles. The second kappa shape index (κ2) is 5.66. The summed E-state index contributed by atoms with van der Waals surface area (Å²) in [6.07, 6.45) is 0. The summed E-state index contributed by atoms with van der Waals surface area (Å²) in [6.45, 7) is 2.54. The predicted molar refractivity (Wildman–Crippen MR) is 74.6 cm³/mol. The normalized spacial score (nSPS) is 10.2. The monoisotopic (exact) mass is 291 g/mol. The van der Waals surface area contributed by atoms with E-state index in [1.165, 1.54) is 33.1 Å². The number of nitrogens with one attached hydrogen (secondary N) is 1. The molecule has 7 nitrogen and oxygen atoms in total. The van der Waals surface area contributed by atoms with Crippen LogP contribution in [0.4, 0.5) is 5.69 Å². The van der Waals surface area contributed by atoms with E-state index >= 15 is 0 Å². The van der Waals surface area contributed by atoms with Gasteiger partial charge in [0.1, 0.15) is 11.3 Å². The number of hydrogen-bond donors (Lipinski definition) is 1. The Morgan fingerprint density at radius 1 is 1.14 bits per heavy atom. The Kier molecular flexibility index (Phi) is 3.93. The zero-order chi connectivity index (χ0) is 15.6. The van der Waals surface area contributed by atoms with Gasteiger partial charge in [-0.3, -0.25) is 9.59 Å². The zero-order valence-corrected chi connectivity index (χ0v) is 11.7. The first-order chi connectivity index (χ1) is 9.90. The lowest BCUT2D eigenvalue weighted by Crippen LogP contribution is -2.14. The van der Waals surface area contributed by atoms with E-state index in [-0.39, 0.29) is 22.9 Å². The lowest BCUT2D eigenvalue weighted by molar-refractivity contribution is -0.132. The molecule has 0 atom stereocenters. The number of hydrogen-bond acceptors (Lipinski definition) is 6. The van der Waals surface area contributed by atoms with Gasteiger partial charge in [-0.25, -0.2) is 4.79 Å². The maximum Gasteiger partial charge on any atom is 0.360 e. The van der Waals surface area contributed by atoms with Gasteiger partial charge in [0.25, 0.3) is 0 Å². The van der Waals surface area contributed by atoms with Gasteiger partial charge in [0.15, 0.2) is 11.5 Å². The predicted octanol–water partition coefficient (Wildman–Crippen LogP) is 1.69. The standard InChI is InChI=1S/C14H13NO6/c1-7(16)15-10-4-9-5-12(19-3)13(20-8(2)17)6-11(9)21-14(10)18/h4-6H,1-3H3,(H,15,16). The zero-order valence-electron chi connectivity index (χ0n) is 11.7. The summed E-state index contributed by atoms with van der Waals surface area (Å²) in [4.78, 5) is 33.8. The van der Waals surface area contributed by atoms with E-state index in [0.29, 0.717) is 11.1 Å². The number of esters is 1. The van der Waals surface area contributed by atoms with Gasteiger partial charge in [-0.15, -0.1) is 0 Å². The summed E-state index contributed by atoms with van der Waals surface area (Å²) in [5.74, 6) is -0.455. The Hall–Kier alpha value is -2.83. The van der Waals surface area contributed by atoms with Crippen molar-refractivity contribution in [3.8, 4) is 11.5 Å². The molecule has 2 rings (SSSR count). The maximum absolute atomic E-state index is 11.7. The van der Waals surface area contributed by atoms with Crippen LogP contribution in [0.15, 0.2) is 27.4 Å². The van der Waals surface area contributed by atoms with Crippen molar-refractivity contribution in [2.24, 2.45) is 0 Å². The third-order valence-electron chi connectivity index (χ3n) is 2.58. The largest absolute Gasteiger partial charge is 0.493 e. The highest BCUT2D eigenvalue weighted by molar-refractivity contribution is 5.91. The van der Waals surface area contributed by atoms with Crippen molar-refractivity contribution in [3.05, 3.63) is 28.6 Å². The Bertz CT molecular complexity index is 777. The van der Waals surface area contributed by atoms with E-state index in [1.54, 1.807) is 6.07 Å². The fourth-order valence-electron chi connectivity index (χ4n) is 1.80. The van der Waals surface area contributed by atoms with E-state index < -0.39 is 11.6 Å². The second-order valence-corrected chi connectivity index (χ2v) is 4.26. The molecule has 1 amide bonds. The van der Waals surface area contributed by atoms with Crippen LogP contribution < -0.4 is 20.4 Å². The Balaban J connectivity index is 2.61. The van der Waals surface area contributed by atoms with Gasteiger partial charge in [0.05, 0.1) is 7.11 Å². The average Bonchev–Trinajstić information content (AvgIpc) is 2.38. The lowest BCUT2D eigenvalue weighted by Gasteiger charge is -2.09. The number of anilines is 1. The smallest absolute Gasteiger partial charge is 0.360 e. The van der Waals surface area contributed by atoms with Crippen molar-refractivity contribution in [2.75, 3.05) is 12.4 Å². The fraction of sp³-hybridized carbons (Fsp3) is 0.214. The van der Waals surface area contributed by atoms with Gasteiger partial charge in [-0.2, -0.15) is 0 Å². The van der Waals surface area contributed by atoms with Crippen LogP contribution in [0.2, 0.25) is 0 Å². The van der Waals surface area contributed by atoms with Crippen LogP contribution in [-0.2, 0) is 9.59 Å². The summed E-state index contributed by atoms with van der Waals surface area (Å²) in [5, 5.41) is 2.90. The molecule has 1 N–H and O–H groups in total. The molecule has 0 aliphatic heterocycles. The third-order valence-corrected chi connectivity index (χ3v) is 2.58. The molecule has 0 radical (unpaired) electrons. The van der Waals surface area contributed by atoms with Crippen LogP contribution in [0.1, 0.15) is 13.8 Å². The van der Waals surface area contributed by atoms with Crippen molar-refractivity contribution in [1.82, 2.24) is 0 Å².